The van der Waals surface area contributed by atoms with E-state index in [1.807, 2.05) is 219 Å². The van der Waals surface area contributed by atoms with Crippen LogP contribution in [0, 0.1) is 23.7 Å². The maximum atomic E-state index is 14.2. The highest BCUT2D eigenvalue weighted by atomic mass is 32.2. The molecule has 3 amide bonds. The third-order valence-corrected chi connectivity index (χ3v) is 34.4. The summed E-state index contributed by atoms with van der Waals surface area (Å²) in [6.07, 6.45) is 20.5. The first-order chi connectivity index (χ1) is 64.6. The summed E-state index contributed by atoms with van der Waals surface area (Å²) in [4.78, 5) is 117. The molecule has 3 aliphatic rings. The lowest BCUT2D eigenvalue weighted by Crippen LogP contribution is -2.56. The average Bonchev–Trinajstić information content (AvgIpc) is 1.60. The number of ether oxygens (including phenoxy) is 1. The van der Waals surface area contributed by atoms with Gasteiger partial charge < -0.3 is 25.2 Å². The number of thioether (sulfide) groups is 4. The number of carbonyl (C=O) groups is 8. The molecule has 0 bridgehead atoms. The number of hydrogen-bond donors (Lipinski definition) is 2. The van der Waals surface area contributed by atoms with Gasteiger partial charge in [0.15, 0.2) is 23.1 Å². The summed E-state index contributed by atoms with van der Waals surface area (Å²) >= 11 is 11.5. The molecule has 720 valence electrons. The number of nitrogens with zero attached hydrogens (tertiary/aromatic N) is 11. The molecule has 22 nitrogen and oxygen atoms in total. The number of alkyl halides is 1. The van der Waals surface area contributed by atoms with Crippen LogP contribution in [0.25, 0.3) is 56.2 Å². The Morgan fingerprint density at radius 3 is 1.04 bits per heavy atom. The van der Waals surface area contributed by atoms with Crippen molar-refractivity contribution in [1.29, 1.82) is 0 Å². The number of amides is 3. The van der Waals surface area contributed by atoms with Crippen molar-refractivity contribution in [3.8, 4) is 56.2 Å². The van der Waals surface area contributed by atoms with Gasteiger partial charge in [-0.25, -0.2) is 4.79 Å². The lowest BCUT2D eigenvalue weighted by Gasteiger charge is -2.41. The van der Waals surface area contributed by atoms with Crippen molar-refractivity contribution < 1.29 is 48.9 Å². The first-order valence-corrected chi connectivity index (χ1v) is 53.7. The summed E-state index contributed by atoms with van der Waals surface area (Å²) in [7, 11) is 7.83. The molecule has 134 heavy (non-hydrogen) atoms. The smallest absolute Gasteiger partial charge is 0.410 e. The number of carbonyl (C=O) groups excluding carboxylic acids is 8. The van der Waals surface area contributed by atoms with E-state index in [9.17, 15) is 42.7 Å². The van der Waals surface area contributed by atoms with E-state index in [0.717, 1.165) is 109 Å². The fourth-order valence-corrected chi connectivity index (χ4v) is 23.2. The molecule has 2 N–H and O–H groups in total. The Morgan fingerprint density at radius 2 is 0.731 bits per heavy atom. The van der Waals surface area contributed by atoms with Crippen molar-refractivity contribution in [2.24, 2.45) is 23.7 Å². The van der Waals surface area contributed by atoms with Crippen LogP contribution in [0.2, 0.25) is 0 Å². The van der Waals surface area contributed by atoms with Crippen LogP contribution in [-0.4, -0.2) is 223 Å². The fraction of sp³-hybridized carbons (Fsp3) is 0.495. The van der Waals surface area contributed by atoms with E-state index in [1.165, 1.54) is 87.8 Å². The fourth-order valence-electron chi connectivity index (χ4n) is 18.5. The molecule has 2 saturated carbocycles. The molecule has 7 atom stereocenters. The average molecular weight is 1970 g/mol. The summed E-state index contributed by atoms with van der Waals surface area (Å²) in [5, 5.41) is 23.2. The van der Waals surface area contributed by atoms with Crippen molar-refractivity contribution in [3.63, 3.8) is 0 Å². The molecular formula is C103H134FN13O9S8. The van der Waals surface area contributed by atoms with E-state index in [1.54, 1.807) is 78.0 Å². The number of aromatic nitrogens is 8. The van der Waals surface area contributed by atoms with Gasteiger partial charge in [0, 0.05) is 112 Å². The van der Waals surface area contributed by atoms with E-state index in [2.05, 4.69) is 108 Å². The van der Waals surface area contributed by atoms with Gasteiger partial charge in [0.2, 0.25) is 11.8 Å². The van der Waals surface area contributed by atoms with E-state index >= 15 is 0 Å². The molecule has 31 heteroatoms. The number of fused-ring (bicyclic) bond motifs is 3. The zero-order valence-corrected chi connectivity index (χ0v) is 87.4. The van der Waals surface area contributed by atoms with Gasteiger partial charge in [0.1, 0.15) is 53.3 Å². The largest absolute Gasteiger partial charge is 0.448 e. The maximum Gasteiger partial charge on any atom is 0.410 e. The van der Waals surface area contributed by atoms with Crippen LogP contribution >= 0.6 is 93.2 Å². The Morgan fingerprint density at radius 1 is 0.433 bits per heavy atom. The van der Waals surface area contributed by atoms with Crippen molar-refractivity contribution in [1.82, 2.24) is 63.7 Å². The van der Waals surface area contributed by atoms with Gasteiger partial charge in [-0.1, -0.05) is 233 Å². The summed E-state index contributed by atoms with van der Waals surface area (Å²) in [6, 6.07) is 53.3. The van der Waals surface area contributed by atoms with Crippen LogP contribution in [0.4, 0.5) is 9.18 Å². The number of Topliss-reactive ketones (excluding diaryl/α,β-unsaturated/α-hetero) is 5. The lowest BCUT2D eigenvalue weighted by atomic mass is 9.76. The zero-order chi connectivity index (χ0) is 98.3. The number of benzene rings is 6. The van der Waals surface area contributed by atoms with Gasteiger partial charge in [-0.2, -0.15) is 47.0 Å². The van der Waals surface area contributed by atoms with E-state index < -0.39 is 51.5 Å². The van der Waals surface area contributed by atoms with Gasteiger partial charge in [-0.15, -0.1) is 20.4 Å². The summed E-state index contributed by atoms with van der Waals surface area (Å²) < 4.78 is 36.2. The van der Waals surface area contributed by atoms with Crippen molar-refractivity contribution in [2.75, 3.05) is 74.0 Å². The molecule has 4 aromatic heterocycles. The highest BCUT2D eigenvalue weighted by Gasteiger charge is 2.47. The molecule has 0 radical (unpaired) electrons. The number of likely N-dealkylation sites (N-methyl/N-ethyl adjacent to an activating group) is 5. The molecule has 0 aliphatic heterocycles. The van der Waals surface area contributed by atoms with Gasteiger partial charge in [-0.05, 0) is 214 Å². The molecule has 0 saturated heterocycles. The highest BCUT2D eigenvalue weighted by Crippen LogP contribution is 2.46. The third kappa shape index (κ3) is 28.1. The number of rotatable bonds is 39. The summed E-state index contributed by atoms with van der Waals surface area (Å²) in [5.41, 5.74) is 11.4. The molecule has 2 fully saturated rings. The third-order valence-electron chi connectivity index (χ3n) is 26.4. The molecule has 10 aromatic rings. The number of halogens is 1. The second kappa shape index (κ2) is 52.2. The minimum atomic E-state index is -1.00. The number of nitrogens with one attached hydrogen (secondary N) is 2. The Labute approximate surface area is 827 Å². The minimum Gasteiger partial charge on any atom is -0.448 e. The number of ketones is 5. The highest BCUT2D eigenvalue weighted by molar-refractivity contribution is 8.00. The maximum absolute atomic E-state index is 14.2. The van der Waals surface area contributed by atoms with E-state index in [4.69, 9.17) is 6.11 Å². The van der Waals surface area contributed by atoms with Crippen LogP contribution in [0.15, 0.2) is 170 Å². The second-order valence-electron chi connectivity index (χ2n) is 36.3. The predicted molar refractivity (Wildman–Crippen MR) is 555 cm³/mol. The van der Waals surface area contributed by atoms with Gasteiger partial charge in [0.25, 0.3) is 0 Å². The quantitative estimate of drug-likeness (QED) is 0.0362. The molecule has 0 spiro atoms. The van der Waals surface area contributed by atoms with Crippen LogP contribution in [0.3, 0.4) is 0 Å². The Hall–Kier alpha value is -8.63. The van der Waals surface area contributed by atoms with E-state index in [-0.39, 0.29) is 108 Å². The Balaban J connectivity index is 0.000000203. The van der Waals surface area contributed by atoms with E-state index in [0.29, 0.717) is 23.7 Å². The molecule has 0 unspecified atom stereocenters. The Bertz CT molecular complexity index is 5400. The zero-order valence-electron chi connectivity index (χ0n) is 81.9. The lowest BCUT2D eigenvalue weighted by molar-refractivity contribution is -0.145. The van der Waals surface area contributed by atoms with Crippen LogP contribution in [0.1, 0.15) is 184 Å². The normalized spacial score (nSPS) is 15.2. The summed E-state index contributed by atoms with van der Waals surface area (Å²) in [5.74, 6) is 0.295. The van der Waals surface area contributed by atoms with Crippen molar-refractivity contribution in [3.05, 3.63) is 200 Å². The first-order valence-electron chi connectivity index (χ1n) is 46.4. The topological polar surface area (TPSA) is 283 Å². The molecule has 4 heterocycles. The van der Waals surface area contributed by atoms with Crippen molar-refractivity contribution >= 4 is 140 Å². The predicted octanol–water partition coefficient (Wildman–Crippen LogP) is 21.3. The first kappa shape index (κ1) is 107. The molecular weight excluding hydrogens is 1840 g/mol. The Kier molecular flexibility index (Phi) is 41.9. The summed E-state index contributed by atoms with van der Waals surface area (Å²) in [6.45, 7) is 20.4. The van der Waals surface area contributed by atoms with Gasteiger partial charge >= 0.3 is 6.09 Å². The minimum absolute atomic E-state index is 0.00629. The van der Waals surface area contributed by atoms with Crippen LogP contribution < -0.4 is 10.6 Å². The molecule has 13 rings (SSSR count). The van der Waals surface area contributed by atoms with Gasteiger partial charge in [-0.3, -0.25) is 42.9 Å². The van der Waals surface area contributed by atoms with Gasteiger partial charge in [0.05, 0.1) is 40.1 Å². The second-order valence-corrected chi connectivity index (χ2v) is 45.5. The number of hydrogen-bond acceptors (Lipinski definition) is 27. The SMILES string of the molecule is CC[C@H](C(=O)N(C)[C@H](C(=O)Cc1snnc1-c1ccccc1)C(C)(C)SC)C1CCCCC1.CN[C@@H](C)C(=O)C[C@H](C(=O)N(C)[C@H](C(=O)Cc1snnc1-c1ccccc1)C(C)(C)SC)C1CCCCC1.CN[C@H](C(=O)Cc1snnc1-c1ccccc1)C(C)(C)SC.CSC(C)(C)[C@@H](C(=O)Cc1snnc1-c1ccccc1)N(C)C(=O)OCC1c2ccccc2-c2ccccc21.[2H]CF. The monoisotopic (exact) mass is 1970 g/mol. The standard InChI is InChI=1S/C31H31N3O3S2.C29H42N4O3S2.C26H37N3O2S2.C16H21N3OS2.CH3F/c1-31(2,38-4)29(26(35)18-27-28(32-33-39-27)20-12-6-5-7-13-20)34(3)30(36)37-19-25-23-16-10-8-14-21(23)22-15-9-11-17-24(22)25;1-19(30-4)23(34)17-22(20-13-9-7-10-14-20)28(36)33(5)27(29(2,3)37-6)24(35)18-25-26(31-32-38-25)21-15-11-8-12-16-21;1-6-20(18-13-9-7-10-14-18)25(31)29(4)24(26(2,3)32-5)21(30)17-22-23(27-28-33-22)19-15-11-8-12-16-19;1-16(2,21-4)15(17-3)12(20)10-13-14(18-19-22-13)11-8-6-5-7-9-11;1-2/h5-17,25,29H,18-19H2,1-4H3;8,11-12,15-16,19-20,22,27,30H,7,9-10,13-14,17-18H2,1-6H3;8,11-12,15-16,18,20,24H,6-7,9-10,13-14,17H2,1-5H3;5-9,15,17H,10H2,1-4H3;1H3/t29-;19-,22-,27+;20-,24+;15-;/m1001./s1/i;;;;1D. The van der Waals surface area contributed by atoms with Crippen molar-refractivity contribution in [2.45, 2.75) is 227 Å². The van der Waals surface area contributed by atoms with Crippen LogP contribution in [0.5, 0.6) is 0 Å². The molecule has 3 aliphatic carbocycles. The van der Waals surface area contributed by atoms with Crippen LogP contribution in [-0.2, 0) is 64.0 Å². The molecule has 6 aromatic carbocycles.